The molecule has 5 heteroatoms. The molecule has 2 aliphatic carbocycles. The van der Waals surface area contributed by atoms with Gasteiger partial charge in [0, 0.05) is 18.8 Å². The molecule has 3 aromatic carbocycles. The Kier molecular flexibility index (Phi) is 4.99. The summed E-state index contributed by atoms with van der Waals surface area (Å²) in [5.41, 5.74) is 4.94. The molecule has 4 atom stereocenters. The Morgan fingerprint density at radius 3 is 1.66 bits per heavy atom. The normalized spacial score (nSPS) is 24.1. The van der Waals surface area contributed by atoms with Gasteiger partial charge in [-0.2, -0.15) is 0 Å². The van der Waals surface area contributed by atoms with E-state index in [1.165, 1.54) is 11.8 Å². The number of rotatable bonds is 4. The lowest BCUT2D eigenvalue weighted by Crippen LogP contribution is -2.33. The second-order valence-electron chi connectivity index (χ2n) is 9.15. The van der Waals surface area contributed by atoms with Gasteiger partial charge in [0.2, 0.25) is 11.8 Å². The van der Waals surface area contributed by atoms with Crippen LogP contribution in [0.2, 0.25) is 0 Å². The van der Waals surface area contributed by atoms with Gasteiger partial charge in [0.05, 0.1) is 17.5 Å². The summed E-state index contributed by atoms with van der Waals surface area (Å²) in [5.74, 6) is -1.46. The highest BCUT2D eigenvalue weighted by molar-refractivity contribution is 6.23. The minimum Gasteiger partial charge on any atom is -0.427 e. The molecule has 35 heavy (non-hydrogen) atoms. The smallest absolute Gasteiger partial charge is 0.308 e. The first kappa shape index (κ1) is 21.3. The van der Waals surface area contributed by atoms with Gasteiger partial charge in [-0.25, -0.2) is 4.90 Å². The quantitative estimate of drug-likeness (QED) is 0.236. The lowest BCUT2D eigenvalue weighted by molar-refractivity contribution is -0.132. The highest BCUT2D eigenvalue weighted by Crippen LogP contribution is 2.58. The van der Waals surface area contributed by atoms with Gasteiger partial charge in [0.1, 0.15) is 5.75 Å². The second kappa shape index (κ2) is 8.20. The molecule has 2 fully saturated rings. The first-order valence-electron chi connectivity index (χ1n) is 11.7. The highest BCUT2D eigenvalue weighted by atomic mass is 16.5. The molecule has 0 spiro atoms. The molecular weight excluding hydrogens is 438 g/mol. The third-order valence-corrected chi connectivity index (χ3v) is 7.19. The van der Waals surface area contributed by atoms with Crippen molar-refractivity contribution in [3.8, 4) is 5.75 Å². The number of hydrogen-bond acceptors (Lipinski definition) is 4. The summed E-state index contributed by atoms with van der Waals surface area (Å²) in [6, 6.07) is 26.9. The number of imide groups is 1. The van der Waals surface area contributed by atoms with Crippen LogP contribution in [0.3, 0.4) is 0 Å². The van der Waals surface area contributed by atoms with Crippen molar-refractivity contribution < 1.29 is 19.1 Å². The summed E-state index contributed by atoms with van der Waals surface area (Å²) in [5, 5.41) is 0. The standard InChI is InChI=1S/C30H23NO4/c1-18(32)35-22-14-12-21(13-15-22)31-29(33)27-23-16-17-24(28(27)30(31)34)26(23)25(19-8-4-2-5-9-19)20-10-6-3-7-11-20/h2-17,23-24,27-28H,1H3/t23-,24-,27+,28+/m0/s1. The molecule has 2 bridgehead atoms. The summed E-state index contributed by atoms with van der Waals surface area (Å²) < 4.78 is 5.09. The van der Waals surface area contributed by atoms with Crippen LogP contribution in [0.15, 0.2) is 103 Å². The SMILES string of the molecule is CC(=O)Oc1ccc(N2C(=O)[C@H]3[C@H](C2=O)[C@H]2C=C[C@H]3C2=C(c2ccccc2)c2ccccc2)cc1. The fourth-order valence-electron chi connectivity index (χ4n) is 5.89. The van der Waals surface area contributed by atoms with Crippen LogP contribution in [0, 0.1) is 23.7 Å². The van der Waals surface area contributed by atoms with Crippen LogP contribution >= 0.6 is 0 Å². The maximum Gasteiger partial charge on any atom is 0.308 e. The maximum atomic E-state index is 13.7. The molecule has 1 saturated carbocycles. The Labute approximate surface area is 203 Å². The summed E-state index contributed by atoms with van der Waals surface area (Å²) in [6.45, 7) is 1.33. The van der Waals surface area contributed by atoms with E-state index in [1.807, 2.05) is 36.4 Å². The number of fused-ring (bicyclic) bond motifs is 5. The number of benzene rings is 3. The van der Waals surface area contributed by atoms with Crippen molar-refractivity contribution in [1.82, 2.24) is 0 Å². The van der Waals surface area contributed by atoms with E-state index in [0.717, 1.165) is 22.3 Å². The van der Waals surface area contributed by atoms with E-state index in [0.29, 0.717) is 11.4 Å². The summed E-state index contributed by atoms with van der Waals surface area (Å²) in [6.07, 6.45) is 4.21. The molecule has 0 radical (unpaired) electrons. The van der Waals surface area contributed by atoms with Crippen LogP contribution in [0.5, 0.6) is 5.75 Å². The molecule has 3 aliphatic rings. The van der Waals surface area contributed by atoms with Crippen LogP contribution in [0.1, 0.15) is 18.1 Å². The molecule has 1 saturated heterocycles. The van der Waals surface area contributed by atoms with E-state index in [2.05, 4.69) is 36.4 Å². The lowest BCUT2D eigenvalue weighted by Gasteiger charge is -2.21. The first-order valence-corrected chi connectivity index (χ1v) is 11.7. The maximum absolute atomic E-state index is 13.7. The first-order chi connectivity index (χ1) is 17.0. The number of amides is 2. The zero-order chi connectivity index (χ0) is 24.1. The van der Waals surface area contributed by atoms with Crippen LogP contribution in [0.25, 0.3) is 5.57 Å². The number of esters is 1. The lowest BCUT2D eigenvalue weighted by atomic mass is 9.85. The number of allylic oxidation sites excluding steroid dienone is 3. The zero-order valence-corrected chi connectivity index (χ0v) is 19.1. The number of hydrogen-bond donors (Lipinski definition) is 0. The predicted molar refractivity (Wildman–Crippen MR) is 132 cm³/mol. The predicted octanol–water partition coefficient (Wildman–Crippen LogP) is 5.04. The highest BCUT2D eigenvalue weighted by Gasteiger charge is 2.62. The molecule has 0 N–H and O–H groups in total. The van der Waals surface area contributed by atoms with Crippen molar-refractivity contribution in [2.75, 3.05) is 4.90 Å². The molecule has 0 aromatic heterocycles. The summed E-state index contributed by atoms with van der Waals surface area (Å²) in [7, 11) is 0. The fraction of sp³-hybridized carbons (Fsp3) is 0.167. The summed E-state index contributed by atoms with van der Waals surface area (Å²) in [4.78, 5) is 39.8. The topological polar surface area (TPSA) is 63.7 Å². The Morgan fingerprint density at radius 1 is 0.714 bits per heavy atom. The van der Waals surface area contributed by atoms with Gasteiger partial charge in [-0.15, -0.1) is 0 Å². The Balaban J connectivity index is 1.41. The molecule has 3 aromatic rings. The van der Waals surface area contributed by atoms with E-state index in [9.17, 15) is 14.4 Å². The van der Waals surface area contributed by atoms with Gasteiger partial charge < -0.3 is 4.74 Å². The second-order valence-corrected chi connectivity index (χ2v) is 9.15. The molecule has 0 unspecified atom stereocenters. The number of anilines is 1. The molecule has 1 aliphatic heterocycles. The average molecular weight is 462 g/mol. The molecule has 1 heterocycles. The zero-order valence-electron chi connectivity index (χ0n) is 19.1. The van der Waals surface area contributed by atoms with Crippen molar-refractivity contribution in [1.29, 1.82) is 0 Å². The third kappa shape index (κ3) is 3.35. The minimum absolute atomic E-state index is 0.123. The van der Waals surface area contributed by atoms with Gasteiger partial charge in [0.15, 0.2) is 0 Å². The third-order valence-electron chi connectivity index (χ3n) is 7.19. The number of carbonyl (C=O) groups excluding carboxylic acids is 3. The number of nitrogens with zero attached hydrogens (tertiary/aromatic N) is 1. The van der Waals surface area contributed by atoms with Crippen LogP contribution < -0.4 is 9.64 Å². The largest absolute Gasteiger partial charge is 0.427 e. The molecule has 6 rings (SSSR count). The van der Waals surface area contributed by atoms with Crippen molar-refractivity contribution in [2.24, 2.45) is 23.7 Å². The Morgan fingerprint density at radius 2 is 1.20 bits per heavy atom. The van der Waals surface area contributed by atoms with E-state index >= 15 is 0 Å². The van der Waals surface area contributed by atoms with Crippen molar-refractivity contribution in [3.05, 3.63) is 114 Å². The van der Waals surface area contributed by atoms with Crippen molar-refractivity contribution in [2.45, 2.75) is 6.92 Å². The van der Waals surface area contributed by atoms with Gasteiger partial charge in [0.25, 0.3) is 0 Å². The summed E-state index contributed by atoms with van der Waals surface area (Å²) >= 11 is 0. The van der Waals surface area contributed by atoms with Gasteiger partial charge in [-0.3, -0.25) is 14.4 Å². The average Bonchev–Trinajstić information content (AvgIpc) is 3.50. The molecule has 2 amide bonds. The minimum atomic E-state index is -0.421. The molecule has 172 valence electrons. The Hall–Kier alpha value is -4.25. The van der Waals surface area contributed by atoms with E-state index in [1.54, 1.807) is 24.3 Å². The Bertz CT molecular complexity index is 1310. The van der Waals surface area contributed by atoms with E-state index in [-0.39, 0.29) is 23.7 Å². The van der Waals surface area contributed by atoms with Crippen LogP contribution in [0.4, 0.5) is 5.69 Å². The fourth-order valence-corrected chi connectivity index (χ4v) is 5.89. The molecule has 5 nitrogen and oxygen atoms in total. The van der Waals surface area contributed by atoms with Gasteiger partial charge in [-0.1, -0.05) is 72.8 Å². The molecular formula is C30H23NO4. The van der Waals surface area contributed by atoms with E-state index < -0.39 is 17.8 Å². The van der Waals surface area contributed by atoms with Crippen LogP contribution in [-0.4, -0.2) is 17.8 Å². The van der Waals surface area contributed by atoms with Gasteiger partial charge >= 0.3 is 5.97 Å². The van der Waals surface area contributed by atoms with Crippen LogP contribution in [-0.2, 0) is 14.4 Å². The van der Waals surface area contributed by atoms with E-state index in [4.69, 9.17) is 4.74 Å². The van der Waals surface area contributed by atoms with Crippen molar-refractivity contribution in [3.63, 3.8) is 0 Å². The van der Waals surface area contributed by atoms with Gasteiger partial charge in [-0.05, 0) is 46.5 Å². The number of carbonyl (C=O) groups is 3. The monoisotopic (exact) mass is 461 g/mol. The van der Waals surface area contributed by atoms with Crippen molar-refractivity contribution >= 4 is 29.0 Å². The number of ether oxygens (including phenoxy) is 1.